The number of hydrogen-bond donors (Lipinski definition) is 4. The van der Waals surface area contributed by atoms with Gasteiger partial charge in [-0.2, -0.15) is 0 Å². The minimum Gasteiger partial charge on any atom is -0.460 e. The second-order valence-electron chi connectivity index (χ2n) is 22.0. The van der Waals surface area contributed by atoms with Crippen LogP contribution < -0.4 is 0 Å². The minimum absolute atomic E-state index is 0.0261. The highest BCUT2D eigenvalue weighted by Gasteiger charge is 2.53. The average Bonchev–Trinajstić information content (AvgIpc) is 3.37. The number of esters is 2. The third-order valence-corrected chi connectivity index (χ3v) is 16.1. The number of methoxy groups -OCH3 is 3. The van der Waals surface area contributed by atoms with Crippen molar-refractivity contribution in [2.75, 3.05) is 41.1 Å². The van der Waals surface area contributed by atoms with Gasteiger partial charge in [0.25, 0.3) is 11.7 Å². The smallest absolute Gasteiger partial charge is 0.329 e. The molecule has 15 atom stereocenters. The molecule has 412 valence electrons. The van der Waals surface area contributed by atoms with Crippen LogP contribution in [0.4, 0.5) is 0 Å². The van der Waals surface area contributed by atoms with Gasteiger partial charge in [0.1, 0.15) is 35.9 Å². The summed E-state index contributed by atoms with van der Waals surface area (Å²) < 4.78 is 35.8. The molecule has 2 bridgehead atoms. The van der Waals surface area contributed by atoms with E-state index in [4.69, 9.17) is 28.4 Å². The van der Waals surface area contributed by atoms with Gasteiger partial charge >= 0.3 is 11.9 Å². The molecule has 4 aliphatic rings. The number of ketones is 2. The van der Waals surface area contributed by atoms with E-state index in [-0.39, 0.29) is 48.8 Å². The molecule has 1 amide bonds. The summed E-state index contributed by atoms with van der Waals surface area (Å²) in [7, 11) is 4.53. The number of aliphatic hydroxyl groups is 4. The van der Waals surface area contributed by atoms with Crippen molar-refractivity contribution >= 4 is 29.4 Å². The number of rotatable bonds is 10. The largest absolute Gasteiger partial charge is 0.460 e. The van der Waals surface area contributed by atoms with E-state index in [0.29, 0.717) is 75.4 Å². The summed E-state index contributed by atoms with van der Waals surface area (Å²) in [5.41, 5.74) is 0.600. The fourth-order valence-electron chi connectivity index (χ4n) is 10.8. The van der Waals surface area contributed by atoms with Crippen molar-refractivity contribution in [3.8, 4) is 0 Å². The Balaban J connectivity index is 1.69. The molecule has 0 radical (unpaired) electrons. The van der Waals surface area contributed by atoms with Crippen LogP contribution in [0.1, 0.15) is 132 Å². The molecule has 4 N–H and O–H groups in total. The van der Waals surface area contributed by atoms with E-state index < -0.39 is 109 Å². The van der Waals surface area contributed by atoms with Gasteiger partial charge in [0.15, 0.2) is 5.78 Å². The van der Waals surface area contributed by atoms with Gasteiger partial charge < -0.3 is 53.7 Å². The quantitative estimate of drug-likeness (QED) is 0.101. The van der Waals surface area contributed by atoms with E-state index in [1.165, 1.54) is 26.0 Å². The lowest BCUT2D eigenvalue weighted by atomic mass is 9.78. The number of carbonyl (C=O) groups is 5. The van der Waals surface area contributed by atoms with Crippen molar-refractivity contribution < 1.29 is 72.8 Å². The van der Waals surface area contributed by atoms with Gasteiger partial charge in [-0.05, 0) is 120 Å². The number of ether oxygens (including phenoxy) is 6. The van der Waals surface area contributed by atoms with Gasteiger partial charge in [-0.1, -0.05) is 83.2 Å². The number of Topliss-reactive ketones (excluding diaryl/α,β-unsaturated/α-hetero) is 2. The maximum atomic E-state index is 14.6. The molecule has 16 heteroatoms. The van der Waals surface area contributed by atoms with Crippen molar-refractivity contribution in [2.45, 2.75) is 187 Å². The summed E-state index contributed by atoms with van der Waals surface area (Å²) in [5.74, 6) is -7.92. The highest BCUT2D eigenvalue weighted by atomic mass is 16.6. The molecule has 16 nitrogen and oxygen atoms in total. The zero-order valence-corrected chi connectivity index (χ0v) is 45.6. The van der Waals surface area contributed by atoms with E-state index in [1.807, 2.05) is 71.1 Å². The number of cyclic esters (lactones) is 1. The summed E-state index contributed by atoms with van der Waals surface area (Å²) in [6.45, 7) is 17.9. The standard InChI is InChI=1S/C57H89NO15/c1-34-18-14-13-15-19-35(2)46(68-10)31-43-23-21-41(8)57(67,73-43)52(63)53(64)58-25-17-16-20-44(58)54(65)71-47(29-37(4)36(3)27-40(7)50(62)51(70-12)49(61)39(6)26-34)38(5)28-42-22-24-45(48(30-42)69-11)72-55(66)56(9,32-59)33-60/h13-15,18-19,27,34,36,38-39,41-48,50-51,59-60,62,67H,4,16-17,20-26,28-33H2,1-3,5-12H3/b15-13+,18-14+,35-19+,40-27+/t34-,36-,38-,39-,41-,42+,43+,44+,45-,46+,47+,48-,50-,51+,57-/m1/s1. The molecule has 0 spiro atoms. The van der Waals surface area contributed by atoms with Crippen LogP contribution in [-0.2, 0) is 52.4 Å². The first-order valence-electron chi connectivity index (χ1n) is 26.5. The van der Waals surface area contributed by atoms with Crippen LogP contribution >= 0.6 is 0 Å². The zero-order chi connectivity index (χ0) is 54.4. The third-order valence-electron chi connectivity index (χ3n) is 16.1. The number of aliphatic hydroxyl groups excluding tert-OH is 3. The molecule has 3 aliphatic heterocycles. The Kier molecular flexibility index (Phi) is 23.9. The zero-order valence-electron chi connectivity index (χ0n) is 45.6. The predicted molar refractivity (Wildman–Crippen MR) is 275 cm³/mol. The number of carbonyl (C=O) groups excluding carboxylic acids is 5. The SMILES string of the molecule is C=C1C[C@@H]([C@H](C)C[C@@H]2CC[C@@H](OC(=O)C(C)(CO)CO)[C@H](OC)C2)OC(=O)[C@@H]2CCCCN2C(=O)C(=O)[C@]2(O)O[C@@H](CC[C@H]2C)C[C@H](OC)/C(C)=C/C=C/C=C/[C@@H](C)C[C@@H](C)C(=O)[C@H](OC)[C@H](O)/C(C)=C/[C@H]1C. The van der Waals surface area contributed by atoms with Crippen molar-refractivity contribution in [1.29, 1.82) is 0 Å². The predicted octanol–water partition coefficient (Wildman–Crippen LogP) is 6.71. The van der Waals surface area contributed by atoms with E-state index in [1.54, 1.807) is 21.0 Å². The Hall–Kier alpha value is -3.87. The monoisotopic (exact) mass is 1030 g/mol. The lowest BCUT2D eigenvalue weighted by Gasteiger charge is -2.42. The molecule has 1 saturated carbocycles. The molecule has 0 aromatic carbocycles. The van der Waals surface area contributed by atoms with Crippen molar-refractivity contribution in [3.63, 3.8) is 0 Å². The lowest BCUT2D eigenvalue weighted by molar-refractivity contribution is -0.265. The molecular weight excluding hydrogens is 939 g/mol. The first-order chi connectivity index (χ1) is 34.5. The number of piperidine rings is 1. The fourth-order valence-corrected chi connectivity index (χ4v) is 10.8. The van der Waals surface area contributed by atoms with Crippen LogP contribution in [0, 0.1) is 40.9 Å². The van der Waals surface area contributed by atoms with Gasteiger partial charge in [-0.15, -0.1) is 0 Å². The summed E-state index contributed by atoms with van der Waals surface area (Å²) in [6, 6.07) is -1.12. The molecule has 4 rings (SSSR count). The van der Waals surface area contributed by atoms with Gasteiger partial charge in [0, 0.05) is 52.6 Å². The molecule has 73 heavy (non-hydrogen) atoms. The highest BCUT2D eigenvalue weighted by Crippen LogP contribution is 2.39. The summed E-state index contributed by atoms with van der Waals surface area (Å²) in [6.07, 6.45) is 11.7. The van der Waals surface area contributed by atoms with Crippen LogP contribution in [0.5, 0.6) is 0 Å². The van der Waals surface area contributed by atoms with E-state index >= 15 is 0 Å². The van der Waals surface area contributed by atoms with E-state index in [2.05, 4.69) is 6.58 Å². The molecule has 3 heterocycles. The van der Waals surface area contributed by atoms with Gasteiger partial charge in [-0.25, -0.2) is 4.79 Å². The van der Waals surface area contributed by atoms with E-state index in [9.17, 15) is 44.4 Å². The van der Waals surface area contributed by atoms with Crippen LogP contribution in [0.2, 0.25) is 0 Å². The normalized spacial score (nSPS) is 37.4. The first kappa shape index (κ1) is 61.7. The summed E-state index contributed by atoms with van der Waals surface area (Å²) in [4.78, 5) is 71.4. The summed E-state index contributed by atoms with van der Waals surface area (Å²) >= 11 is 0. The Morgan fingerprint density at radius 2 is 1.59 bits per heavy atom. The van der Waals surface area contributed by atoms with Crippen molar-refractivity contribution in [3.05, 3.63) is 59.8 Å². The molecule has 0 aromatic heterocycles. The van der Waals surface area contributed by atoms with Crippen molar-refractivity contribution in [1.82, 2.24) is 4.90 Å². The number of hydrogen-bond acceptors (Lipinski definition) is 15. The van der Waals surface area contributed by atoms with Crippen LogP contribution in [0.3, 0.4) is 0 Å². The van der Waals surface area contributed by atoms with Crippen LogP contribution in [0.25, 0.3) is 0 Å². The Bertz CT molecular complexity index is 2010. The Morgan fingerprint density at radius 1 is 0.890 bits per heavy atom. The second kappa shape index (κ2) is 28.3. The van der Waals surface area contributed by atoms with Crippen molar-refractivity contribution in [2.24, 2.45) is 40.9 Å². The van der Waals surface area contributed by atoms with Crippen LogP contribution in [-0.4, -0.2) is 150 Å². The second-order valence-corrected chi connectivity index (χ2v) is 22.0. The molecular formula is C57H89NO15. The Labute approximate surface area is 434 Å². The summed E-state index contributed by atoms with van der Waals surface area (Å²) in [5, 5.41) is 43.2. The highest BCUT2D eigenvalue weighted by molar-refractivity contribution is 6.39. The third kappa shape index (κ3) is 16.1. The molecule has 3 fully saturated rings. The van der Waals surface area contributed by atoms with Crippen LogP contribution in [0.15, 0.2) is 59.8 Å². The molecule has 0 unspecified atom stereocenters. The first-order valence-corrected chi connectivity index (χ1v) is 26.5. The lowest BCUT2D eigenvalue weighted by Crippen LogP contribution is -2.61. The number of fused-ring (bicyclic) bond motifs is 3. The van der Waals surface area contributed by atoms with Gasteiger partial charge in [0.2, 0.25) is 5.79 Å². The molecule has 1 aliphatic carbocycles. The number of amides is 1. The number of allylic oxidation sites excluding steroid dienone is 6. The van der Waals surface area contributed by atoms with E-state index in [0.717, 1.165) is 5.57 Å². The van der Waals surface area contributed by atoms with Gasteiger partial charge in [0.05, 0.1) is 31.5 Å². The molecule has 2 saturated heterocycles. The average molecular weight is 1030 g/mol. The maximum Gasteiger partial charge on any atom is 0.329 e. The Morgan fingerprint density at radius 3 is 2.23 bits per heavy atom. The fraction of sp³-hybridized carbons (Fsp3) is 0.737. The number of nitrogens with zero attached hydrogens (tertiary/aromatic N) is 1. The maximum absolute atomic E-state index is 14.6. The van der Waals surface area contributed by atoms with Gasteiger partial charge in [-0.3, -0.25) is 19.2 Å². The molecule has 0 aromatic rings. The minimum atomic E-state index is -2.44. The topological polar surface area (TPSA) is 225 Å².